The molecule has 0 aliphatic rings. The lowest BCUT2D eigenvalue weighted by Crippen LogP contribution is -2.18. The van der Waals surface area contributed by atoms with Crippen LogP contribution in [0.25, 0.3) is 11.3 Å². The third-order valence-corrected chi connectivity index (χ3v) is 3.49. The summed E-state index contributed by atoms with van der Waals surface area (Å²) in [5.41, 5.74) is 10.3. The first-order valence-corrected chi connectivity index (χ1v) is 7.07. The van der Waals surface area contributed by atoms with Crippen molar-refractivity contribution in [3.05, 3.63) is 41.2 Å². The largest absolute Gasteiger partial charge is 0.383 e. The molecule has 2 N–H and O–H groups in total. The molecule has 0 atom stereocenters. The molecule has 2 aromatic rings. The summed E-state index contributed by atoms with van der Waals surface area (Å²) in [6.45, 7) is 10.4. The minimum absolute atomic E-state index is 0.111. The van der Waals surface area contributed by atoms with Gasteiger partial charge < -0.3 is 5.73 Å². The highest BCUT2D eigenvalue weighted by molar-refractivity contribution is 5.67. The first-order valence-electron chi connectivity index (χ1n) is 7.07. The minimum Gasteiger partial charge on any atom is -0.383 e. The Morgan fingerprint density at radius 3 is 2.15 bits per heavy atom. The monoisotopic (exact) mass is 269 g/mol. The van der Waals surface area contributed by atoms with Crippen molar-refractivity contribution in [3.63, 3.8) is 0 Å². The molecule has 20 heavy (non-hydrogen) atoms. The van der Waals surface area contributed by atoms with Gasteiger partial charge in [0, 0.05) is 16.5 Å². The van der Waals surface area contributed by atoms with Crippen LogP contribution in [-0.2, 0) is 11.8 Å². The van der Waals surface area contributed by atoms with Crippen LogP contribution >= 0.6 is 0 Å². The lowest BCUT2D eigenvalue weighted by atomic mass is 9.94. The predicted molar refractivity (Wildman–Crippen MR) is 84.7 cm³/mol. The van der Waals surface area contributed by atoms with E-state index in [1.165, 1.54) is 5.56 Å². The van der Waals surface area contributed by atoms with Gasteiger partial charge in [0.2, 0.25) is 0 Å². The summed E-state index contributed by atoms with van der Waals surface area (Å²) >= 11 is 0. The molecule has 0 bridgehead atoms. The Labute approximate surface area is 121 Å². The second-order valence-electron chi connectivity index (χ2n) is 6.21. The van der Waals surface area contributed by atoms with Crippen molar-refractivity contribution in [1.29, 1.82) is 0 Å². The van der Waals surface area contributed by atoms with E-state index >= 15 is 0 Å². The quantitative estimate of drug-likeness (QED) is 0.899. The van der Waals surface area contributed by atoms with Gasteiger partial charge in [0.25, 0.3) is 0 Å². The molecule has 1 aromatic heterocycles. The Kier molecular flexibility index (Phi) is 3.80. The van der Waals surface area contributed by atoms with E-state index in [4.69, 9.17) is 10.7 Å². The van der Waals surface area contributed by atoms with Crippen LogP contribution in [0.3, 0.4) is 0 Å². The molecular weight excluding hydrogens is 246 g/mol. The van der Waals surface area contributed by atoms with Crippen molar-refractivity contribution >= 4 is 5.82 Å². The highest BCUT2D eigenvalue weighted by Gasteiger charge is 2.20. The first-order chi connectivity index (χ1) is 9.32. The molecule has 0 radical (unpaired) electrons. The Balaban J connectivity index is 2.57. The lowest BCUT2D eigenvalue weighted by Gasteiger charge is -2.19. The molecule has 0 aliphatic carbocycles. The van der Waals surface area contributed by atoms with Gasteiger partial charge in [-0.1, -0.05) is 52.0 Å². The second-order valence-corrected chi connectivity index (χ2v) is 6.21. The smallest absolute Gasteiger partial charge is 0.136 e. The van der Waals surface area contributed by atoms with Gasteiger partial charge in [-0.3, -0.25) is 0 Å². The van der Waals surface area contributed by atoms with Crippen LogP contribution in [0.5, 0.6) is 0 Å². The van der Waals surface area contributed by atoms with E-state index in [9.17, 15) is 0 Å². The lowest BCUT2D eigenvalue weighted by molar-refractivity contribution is 0.546. The van der Waals surface area contributed by atoms with Crippen LogP contribution in [0.2, 0.25) is 0 Å². The topological polar surface area (TPSA) is 51.8 Å². The van der Waals surface area contributed by atoms with Gasteiger partial charge in [0.15, 0.2) is 0 Å². The van der Waals surface area contributed by atoms with Crippen LogP contribution in [0.4, 0.5) is 5.82 Å². The van der Waals surface area contributed by atoms with Crippen molar-refractivity contribution in [1.82, 2.24) is 9.97 Å². The summed E-state index contributed by atoms with van der Waals surface area (Å²) < 4.78 is 0. The third kappa shape index (κ3) is 2.82. The van der Waals surface area contributed by atoms with Crippen molar-refractivity contribution in [2.45, 2.75) is 46.5 Å². The van der Waals surface area contributed by atoms with E-state index in [2.05, 4.69) is 56.9 Å². The predicted octanol–water partition coefficient (Wildman–Crippen LogP) is 3.89. The molecule has 3 nitrogen and oxygen atoms in total. The standard InChI is InChI=1S/C17H23N3/c1-6-12-7-9-13(10-8-12)14-11(2)15(18)20-16(19-14)17(3,4)5/h7-10H,6H2,1-5H3,(H2,18,19,20). The normalized spacial score (nSPS) is 11.7. The Morgan fingerprint density at radius 2 is 1.65 bits per heavy atom. The summed E-state index contributed by atoms with van der Waals surface area (Å²) in [6, 6.07) is 8.51. The number of rotatable bonds is 2. The van der Waals surface area contributed by atoms with Gasteiger partial charge in [-0.25, -0.2) is 9.97 Å². The average Bonchev–Trinajstić information content (AvgIpc) is 2.40. The summed E-state index contributed by atoms with van der Waals surface area (Å²) in [5.74, 6) is 1.36. The van der Waals surface area contributed by atoms with Gasteiger partial charge >= 0.3 is 0 Å². The molecule has 0 spiro atoms. The van der Waals surface area contributed by atoms with Crippen LogP contribution < -0.4 is 5.73 Å². The summed E-state index contributed by atoms with van der Waals surface area (Å²) in [6.07, 6.45) is 1.04. The van der Waals surface area contributed by atoms with Crippen LogP contribution in [0.15, 0.2) is 24.3 Å². The van der Waals surface area contributed by atoms with E-state index in [1.54, 1.807) is 0 Å². The van der Waals surface area contributed by atoms with Crippen molar-refractivity contribution in [2.24, 2.45) is 0 Å². The molecule has 3 heteroatoms. The van der Waals surface area contributed by atoms with Crippen LogP contribution in [-0.4, -0.2) is 9.97 Å². The maximum absolute atomic E-state index is 6.06. The molecule has 0 aliphatic heterocycles. The number of hydrogen-bond acceptors (Lipinski definition) is 3. The first kappa shape index (κ1) is 14.5. The van der Waals surface area contributed by atoms with Gasteiger partial charge in [-0.15, -0.1) is 0 Å². The number of nitrogen functional groups attached to an aromatic ring is 1. The zero-order valence-corrected chi connectivity index (χ0v) is 13.0. The molecule has 0 saturated carbocycles. The number of aromatic nitrogens is 2. The Bertz CT molecular complexity index is 607. The van der Waals surface area contributed by atoms with Crippen LogP contribution in [0, 0.1) is 6.92 Å². The van der Waals surface area contributed by atoms with Crippen molar-refractivity contribution in [3.8, 4) is 11.3 Å². The molecule has 0 amide bonds. The minimum atomic E-state index is -0.111. The maximum Gasteiger partial charge on any atom is 0.136 e. The molecule has 1 heterocycles. The zero-order valence-electron chi connectivity index (χ0n) is 13.0. The van der Waals surface area contributed by atoms with Gasteiger partial charge in [0.1, 0.15) is 11.6 Å². The van der Waals surface area contributed by atoms with E-state index in [-0.39, 0.29) is 5.41 Å². The molecule has 0 unspecified atom stereocenters. The average molecular weight is 269 g/mol. The molecule has 106 valence electrons. The number of benzene rings is 1. The number of anilines is 1. The number of nitrogens with two attached hydrogens (primary N) is 1. The Morgan fingerprint density at radius 1 is 1.05 bits per heavy atom. The third-order valence-electron chi connectivity index (χ3n) is 3.49. The maximum atomic E-state index is 6.06. The van der Waals surface area contributed by atoms with Crippen molar-refractivity contribution < 1.29 is 0 Å². The van der Waals surface area contributed by atoms with Crippen molar-refractivity contribution in [2.75, 3.05) is 5.73 Å². The van der Waals surface area contributed by atoms with Gasteiger partial charge in [-0.05, 0) is 18.9 Å². The molecule has 0 saturated heterocycles. The fourth-order valence-electron chi connectivity index (χ4n) is 2.05. The molecule has 2 rings (SSSR count). The highest BCUT2D eigenvalue weighted by atomic mass is 15.0. The van der Waals surface area contributed by atoms with E-state index in [1.807, 2.05) is 6.92 Å². The summed E-state index contributed by atoms with van der Waals surface area (Å²) in [4.78, 5) is 9.17. The highest BCUT2D eigenvalue weighted by Crippen LogP contribution is 2.28. The summed E-state index contributed by atoms with van der Waals surface area (Å²) in [5, 5.41) is 0. The van der Waals surface area contributed by atoms with Crippen LogP contribution in [0.1, 0.15) is 44.6 Å². The number of hydrogen-bond donors (Lipinski definition) is 1. The fraction of sp³-hybridized carbons (Fsp3) is 0.412. The molecular formula is C17H23N3. The summed E-state index contributed by atoms with van der Waals surface area (Å²) in [7, 11) is 0. The van der Waals surface area contributed by atoms with Gasteiger partial charge in [0.05, 0.1) is 5.69 Å². The number of nitrogens with zero attached hydrogens (tertiary/aromatic N) is 2. The second kappa shape index (κ2) is 5.23. The fourth-order valence-corrected chi connectivity index (χ4v) is 2.05. The molecule has 0 fully saturated rings. The van der Waals surface area contributed by atoms with E-state index in [0.717, 1.165) is 29.1 Å². The Hall–Kier alpha value is -1.90. The van der Waals surface area contributed by atoms with Gasteiger partial charge in [-0.2, -0.15) is 0 Å². The SMILES string of the molecule is CCc1ccc(-c2nc(C(C)(C)C)nc(N)c2C)cc1. The number of aryl methyl sites for hydroxylation is 1. The van der Waals surface area contributed by atoms with E-state index in [0.29, 0.717) is 5.82 Å². The molecule has 1 aromatic carbocycles. The van der Waals surface area contributed by atoms with E-state index < -0.39 is 0 Å². The zero-order chi connectivity index (χ0) is 14.9.